The normalized spacial score (nSPS) is 30.8. The molecular formula is C26H32N2O4S2. The number of nitrogens with one attached hydrogen (secondary N) is 1. The summed E-state index contributed by atoms with van der Waals surface area (Å²) in [6.07, 6.45) is 10.5. The van der Waals surface area contributed by atoms with Crippen LogP contribution in [0, 0.1) is 23.2 Å². The summed E-state index contributed by atoms with van der Waals surface area (Å²) in [6, 6.07) is 5.60. The highest BCUT2D eigenvalue weighted by molar-refractivity contribution is 8.26. The lowest BCUT2D eigenvalue weighted by Crippen LogP contribution is -2.57. The standard InChI is InChI=1S/C26H32N2O4S2/c1-3-4-7-32-20-6-5-16(11-21(20)31-2)12-22-23(29)28(25(33)34-22)27-24(30)26-13-17-8-18(14-26)10-19(9-17)15-26/h5-6,11-12,17-19H,3-4,7-10,13-15H2,1-2H3,(H,27,30)/b22-12-. The van der Waals surface area contributed by atoms with Crippen molar-refractivity contribution < 1.29 is 19.1 Å². The molecule has 34 heavy (non-hydrogen) atoms. The third-order valence-corrected chi connectivity index (χ3v) is 9.07. The maximum absolute atomic E-state index is 13.4. The summed E-state index contributed by atoms with van der Waals surface area (Å²) in [4.78, 5) is 27.1. The Bertz CT molecular complexity index is 1000. The van der Waals surface area contributed by atoms with E-state index in [1.54, 1.807) is 13.2 Å². The maximum atomic E-state index is 13.4. The summed E-state index contributed by atoms with van der Waals surface area (Å²) in [5.74, 6) is 2.97. The van der Waals surface area contributed by atoms with Crippen molar-refractivity contribution in [1.82, 2.24) is 10.4 Å². The minimum Gasteiger partial charge on any atom is -0.493 e. The molecule has 0 spiro atoms. The van der Waals surface area contributed by atoms with Crippen LogP contribution in [0.5, 0.6) is 11.5 Å². The van der Waals surface area contributed by atoms with Crippen molar-refractivity contribution in [3.8, 4) is 11.5 Å². The third-order valence-electron chi connectivity index (χ3n) is 7.77. The van der Waals surface area contributed by atoms with Crippen LogP contribution in [0.15, 0.2) is 23.1 Å². The summed E-state index contributed by atoms with van der Waals surface area (Å²) >= 11 is 6.68. The number of nitrogens with zero attached hydrogens (tertiary/aromatic N) is 1. The van der Waals surface area contributed by atoms with E-state index >= 15 is 0 Å². The summed E-state index contributed by atoms with van der Waals surface area (Å²) in [5, 5.41) is 1.27. The lowest BCUT2D eigenvalue weighted by Gasteiger charge is -2.55. The number of benzene rings is 1. The van der Waals surface area contributed by atoms with Crippen molar-refractivity contribution >= 4 is 46.2 Å². The van der Waals surface area contributed by atoms with Gasteiger partial charge in [0.05, 0.1) is 24.0 Å². The topological polar surface area (TPSA) is 67.9 Å². The molecule has 6 nitrogen and oxygen atoms in total. The molecule has 5 fully saturated rings. The second-order valence-electron chi connectivity index (χ2n) is 10.3. The number of carbonyl (C=O) groups excluding carboxylic acids is 2. The van der Waals surface area contributed by atoms with Gasteiger partial charge >= 0.3 is 0 Å². The Balaban J connectivity index is 1.28. The zero-order chi connectivity index (χ0) is 23.9. The van der Waals surface area contributed by atoms with E-state index < -0.39 is 0 Å². The van der Waals surface area contributed by atoms with Crippen LogP contribution in [-0.4, -0.2) is 34.9 Å². The van der Waals surface area contributed by atoms with Crippen LogP contribution < -0.4 is 14.9 Å². The number of rotatable bonds is 8. The lowest BCUT2D eigenvalue weighted by molar-refractivity contribution is -0.152. The molecule has 182 valence electrons. The monoisotopic (exact) mass is 500 g/mol. The SMILES string of the molecule is CCCCOc1ccc(/C=C2\SC(=S)N(NC(=O)C34CC5CC(CC(C5)C3)C4)C2=O)cc1OC. The Hall–Kier alpha value is -2.06. The molecule has 5 aliphatic rings. The second-order valence-corrected chi connectivity index (χ2v) is 11.9. The molecular weight excluding hydrogens is 468 g/mol. The average Bonchev–Trinajstić information content (AvgIpc) is 3.06. The fourth-order valence-electron chi connectivity index (χ4n) is 6.54. The molecule has 4 bridgehead atoms. The molecule has 0 aromatic heterocycles. The van der Waals surface area contributed by atoms with Crippen LogP contribution in [0.3, 0.4) is 0 Å². The predicted octanol–water partition coefficient (Wildman–Crippen LogP) is 5.32. The van der Waals surface area contributed by atoms with Crippen LogP contribution in [0.1, 0.15) is 63.9 Å². The number of ether oxygens (including phenoxy) is 2. The fourth-order valence-corrected chi connectivity index (χ4v) is 7.72. The first kappa shape index (κ1) is 23.7. The van der Waals surface area contributed by atoms with E-state index in [0.29, 0.717) is 45.1 Å². The number of amides is 2. The van der Waals surface area contributed by atoms with E-state index in [-0.39, 0.29) is 17.2 Å². The van der Waals surface area contributed by atoms with Gasteiger partial charge in [0.15, 0.2) is 15.8 Å². The number of thioether (sulfide) groups is 1. The Morgan fingerprint density at radius 3 is 2.50 bits per heavy atom. The van der Waals surface area contributed by atoms with E-state index in [1.165, 1.54) is 36.0 Å². The predicted molar refractivity (Wildman–Crippen MR) is 137 cm³/mol. The Morgan fingerprint density at radius 1 is 1.21 bits per heavy atom. The third kappa shape index (κ3) is 4.47. The molecule has 6 rings (SSSR count). The molecule has 1 N–H and O–H groups in total. The molecule has 0 atom stereocenters. The molecule has 4 aliphatic carbocycles. The Morgan fingerprint density at radius 2 is 1.88 bits per heavy atom. The van der Waals surface area contributed by atoms with E-state index in [9.17, 15) is 9.59 Å². The van der Waals surface area contributed by atoms with E-state index in [1.807, 2.05) is 18.2 Å². The molecule has 1 saturated heterocycles. The minimum absolute atomic E-state index is 0.0283. The molecule has 1 aromatic carbocycles. The second kappa shape index (κ2) is 9.53. The van der Waals surface area contributed by atoms with Crippen molar-refractivity contribution in [3.63, 3.8) is 0 Å². The first-order valence-electron chi connectivity index (χ1n) is 12.3. The van der Waals surface area contributed by atoms with Crippen molar-refractivity contribution in [2.75, 3.05) is 13.7 Å². The van der Waals surface area contributed by atoms with E-state index in [0.717, 1.165) is 37.7 Å². The molecule has 2 amide bonds. The maximum Gasteiger partial charge on any atom is 0.285 e. The number of hydrogen-bond donors (Lipinski definition) is 1. The highest BCUT2D eigenvalue weighted by Crippen LogP contribution is 2.60. The summed E-state index contributed by atoms with van der Waals surface area (Å²) in [5.41, 5.74) is 3.39. The van der Waals surface area contributed by atoms with Gasteiger partial charge in [0, 0.05) is 0 Å². The number of thiocarbonyl (C=S) groups is 1. The van der Waals surface area contributed by atoms with Crippen LogP contribution in [0.2, 0.25) is 0 Å². The average molecular weight is 501 g/mol. The van der Waals surface area contributed by atoms with Crippen LogP contribution in [-0.2, 0) is 9.59 Å². The lowest BCUT2D eigenvalue weighted by atomic mass is 9.49. The summed E-state index contributed by atoms with van der Waals surface area (Å²) in [6.45, 7) is 2.75. The number of hydrazine groups is 1. The summed E-state index contributed by atoms with van der Waals surface area (Å²) < 4.78 is 11.6. The van der Waals surface area contributed by atoms with Gasteiger partial charge in [-0.2, -0.15) is 5.01 Å². The Labute approximate surface area is 210 Å². The van der Waals surface area contributed by atoms with Gasteiger partial charge in [-0.25, -0.2) is 0 Å². The largest absolute Gasteiger partial charge is 0.493 e. The van der Waals surface area contributed by atoms with Gasteiger partial charge in [0.1, 0.15) is 0 Å². The van der Waals surface area contributed by atoms with Gasteiger partial charge < -0.3 is 9.47 Å². The molecule has 0 unspecified atom stereocenters. The van der Waals surface area contributed by atoms with Crippen molar-refractivity contribution in [1.29, 1.82) is 0 Å². The molecule has 8 heteroatoms. The van der Waals surface area contributed by atoms with Gasteiger partial charge in [0.2, 0.25) is 5.91 Å². The molecule has 1 aliphatic heterocycles. The smallest absolute Gasteiger partial charge is 0.285 e. The number of methoxy groups -OCH3 is 1. The highest BCUT2D eigenvalue weighted by atomic mass is 32.2. The Kier molecular flexibility index (Phi) is 6.64. The van der Waals surface area contributed by atoms with E-state index in [4.69, 9.17) is 21.7 Å². The summed E-state index contributed by atoms with van der Waals surface area (Å²) in [7, 11) is 1.60. The van der Waals surface area contributed by atoms with Crippen molar-refractivity contribution in [3.05, 3.63) is 28.7 Å². The van der Waals surface area contributed by atoms with Crippen LogP contribution in [0.4, 0.5) is 0 Å². The molecule has 1 aromatic rings. The van der Waals surface area contributed by atoms with Crippen LogP contribution >= 0.6 is 24.0 Å². The van der Waals surface area contributed by atoms with Gasteiger partial charge in [-0.05, 0) is 98.7 Å². The van der Waals surface area contributed by atoms with Gasteiger partial charge in [-0.3, -0.25) is 15.0 Å². The number of hydrogen-bond acceptors (Lipinski definition) is 6. The van der Waals surface area contributed by atoms with Gasteiger partial charge in [-0.15, -0.1) is 0 Å². The molecule has 0 radical (unpaired) electrons. The highest BCUT2D eigenvalue weighted by Gasteiger charge is 2.55. The van der Waals surface area contributed by atoms with Gasteiger partial charge in [-0.1, -0.05) is 31.2 Å². The first-order valence-corrected chi connectivity index (χ1v) is 13.5. The fraction of sp³-hybridized carbons (Fsp3) is 0.577. The van der Waals surface area contributed by atoms with Gasteiger partial charge in [0.25, 0.3) is 5.91 Å². The first-order chi connectivity index (χ1) is 16.4. The number of unbranched alkanes of at least 4 members (excludes halogenated alkanes) is 1. The van der Waals surface area contributed by atoms with E-state index in [2.05, 4.69) is 12.3 Å². The zero-order valence-corrected chi connectivity index (χ0v) is 21.4. The zero-order valence-electron chi connectivity index (χ0n) is 19.8. The minimum atomic E-state index is -0.331. The van der Waals surface area contributed by atoms with Crippen molar-refractivity contribution in [2.24, 2.45) is 23.2 Å². The number of carbonyl (C=O) groups is 2. The molecule has 4 saturated carbocycles. The van der Waals surface area contributed by atoms with Crippen molar-refractivity contribution in [2.45, 2.75) is 58.3 Å². The molecule has 1 heterocycles. The quantitative estimate of drug-likeness (QED) is 0.296. The van der Waals surface area contributed by atoms with Crippen LogP contribution in [0.25, 0.3) is 6.08 Å².